The number of rotatable bonds is 14. The predicted molar refractivity (Wildman–Crippen MR) is 95.5 cm³/mol. The fraction of sp³-hybridized carbons (Fsp3) is 0.895. The number of ketones is 1. The molecule has 0 radical (unpaired) electrons. The molecule has 1 saturated heterocycles. The minimum Gasteiger partial charge on any atom is -0.481 e. The number of nitrogens with zero attached hydrogens (tertiary/aromatic N) is 1. The highest BCUT2D eigenvalue weighted by Gasteiger charge is 2.31. The first kappa shape index (κ1) is 23.9. The Kier molecular flexibility index (Phi) is 10.9. The number of hydrogen-bond donors (Lipinski definition) is 2. The lowest BCUT2D eigenvalue weighted by Crippen LogP contribution is -2.35. The fourth-order valence-corrected chi connectivity index (χ4v) is 3.52. The third kappa shape index (κ3) is 11.3. The first-order valence-electron chi connectivity index (χ1n) is 9.92. The van der Waals surface area contributed by atoms with Crippen LogP contribution in [0.2, 0.25) is 0 Å². The minimum absolute atomic E-state index is 0.0350. The first-order chi connectivity index (χ1) is 12.7. The molecule has 0 saturated carbocycles. The van der Waals surface area contributed by atoms with Crippen LogP contribution >= 0.6 is 0 Å². The Morgan fingerprint density at radius 1 is 1.11 bits per heavy atom. The molecule has 27 heavy (non-hydrogen) atoms. The average molecular weight is 395 g/mol. The van der Waals surface area contributed by atoms with Gasteiger partial charge in [0.05, 0.1) is 12.1 Å². The molecular weight excluding hydrogens is 363 g/mol. The molecule has 2 atom stereocenters. The van der Waals surface area contributed by atoms with Gasteiger partial charge in [-0.1, -0.05) is 25.7 Å². The van der Waals surface area contributed by atoms with Crippen molar-refractivity contribution < 1.29 is 33.0 Å². The standard InChI is InChI=1S/C19H32F3NO4/c20-19(21,22)12-6-5-7-15(24)10-13-23-14-11-17(25)16(23)8-3-1-2-4-9-18(26)27/h15-16,24H,1-14H2,(H,26,27). The van der Waals surface area contributed by atoms with E-state index in [0.29, 0.717) is 45.2 Å². The van der Waals surface area contributed by atoms with Crippen molar-refractivity contribution in [2.75, 3.05) is 13.1 Å². The molecule has 5 nitrogen and oxygen atoms in total. The molecule has 0 aromatic heterocycles. The number of aliphatic hydroxyl groups excluding tert-OH is 1. The number of unbranched alkanes of at least 4 members (excludes halogenated alkanes) is 4. The van der Waals surface area contributed by atoms with Gasteiger partial charge in [0, 0.05) is 32.4 Å². The van der Waals surface area contributed by atoms with Crippen LogP contribution in [0, 0.1) is 0 Å². The number of halogens is 3. The van der Waals surface area contributed by atoms with Crippen molar-refractivity contribution in [2.24, 2.45) is 0 Å². The number of aliphatic carboxylic acids is 1. The number of likely N-dealkylation sites (tertiary alicyclic amines) is 1. The van der Waals surface area contributed by atoms with Gasteiger partial charge in [-0.2, -0.15) is 13.2 Å². The van der Waals surface area contributed by atoms with Crippen molar-refractivity contribution in [1.82, 2.24) is 4.90 Å². The SMILES string of the molecule is O=C(O)CCCCCCC1C(=O)CCN1CCC(O)CCCCC(F)(F)F. The zero-order valence-corrected chi connectivity index (χ0v) is 15.8. The summed E-state index contributed by atoms with van der Waals surface area (Å²) in [5.41, 5.74) is 0. The van der Waals surface area contributed by atoms with Gasteiger partial charge in [-0.05, 0) is 32.1 Å². The van der Waals surface area contributed by atoms with E-state index in [-0.39, 0.29) is 24.7 Å². The van der Waals surface area contributed by atoms with Crippen LogP contribution in [0.5, 0.6) is 0 Å². The minimum atomic E-state index is -4.14. The molecule has 1 aliphatic rings. The van der Waals surface area contributed by atoms with Crippen LogP contribution in [0.25, 0.3) is 0 Å². The Balaban J connectivity index is 2.18. The molecule has 1 heterocycles. The second kappa shape index (κ2) is 12.3. The van der Waals surface area contributed by atoms with E-state index in [1.807, 2.05) is 0 Å². The van der Waals surface area contributed by atoms with Crippen LogP contribution in [0.4, 0.5) is 13.2 Å². The van der Waals surface area contributed by atoms with Crippen molar-refractivity contribution in [3.63, 3.8) is 0 Å². The molecule has 0 bridgehead atoms. The van der Waals surface area contributed by atoms with Crippen molar-refractivity contribution in [1.29, 1.82) is 0 Å². The summed E-state index contributed by atoms with van der Waals surface area (Å²) >= 11 is 0. The van der Waals surface area contributed by atoms with Gasteiger partial charge >= 0.3 is 12.1 Å². The molecule has 0 aromatic carbocycles. The van der Waals surface area contributed by atoms with Crippen molar-refractivity contribution in [3.05, 3.63) is 0 Å². The summed E-state index contributed by atoms with van der Waals surface area (Å²) in [6.07, 6.45) is 0.296. The maximum atomic E-state index is 12.1. The van der Waals surface area contributed by atoms with Crippen molar-refractivity contribution in [2.45, 2.75) is 95.4 Å². The molecule has 2 unspecified atom stereocenters. The molecule has 1 fully saturated rings. The fourth-order valence-electron chi connectivity index (χ4n) is 3.52. The number of carboxylic acid groups (broad SMARTS) is 1. The first-order valence-corrected chi connectivity index (χ1v) is 9.92. The molecule has 0 aromatic rings. The second-order valence-corrected chi connectivity index (χ2v) is 7.42. The number of alkyl halides is 3. The number of carbonyl (C=O) groups excluding carboxylic acids is 1. The topological polar surface area (TPSA) is 77.8 Å². The second-order valence-electron chi connectivity index (χ2n) is 7.42. The van der Waals surface area contributed by atoms with Gasteiger partial charge in [0.1, 0.15) is 0 Å². The van der Waals surface area contributed by atoms with Gasteiger partial charge in [-0.25, -0.2) is 0 Å². The smallest absolute Gasteiger partial charge is 0.389 e. The van der Waals surface area contributed by atoms with Crippen LogP contribution in [0.15, 0.2) is 0 Å². The molecule has 0 aliphatic carbocycles. The van der Waals surface area contributed by atoms with E-state index in [1.54, 1.807) is 0 Å². The lowest BCUT2D eigenvalue weighted by Gasteiger charge is -2.24. The van der Waals surface area contributed by atoms with E-state index in [9.17, 15) is 27.9 Å². The molecule has 158 valence electrons. The average Bonchev–Trinajstić information content (AvgIpc) is 2.92. The Morgan fingerprint density at radius 2 is 1.81 bits per heavy atom. The zero-order valence-electron chi connectivity index (χ0n) is 15.8. The third-order valence-electron chi connectivity index (χ3n) is 5.07. The Hall–Kier alpha value is -1.15. The summed E-state index contributed by atoms with van der Waals surface area (Å²) in [4.78, 5) is 24.6. The van der Waals surface area contributed by atoms with Crippen LogP contribution in [-0.4, -0.2) is 58.3 Å². The summed E-state index contributed by atoms with van der Waals surface area (Å²) in [5.74, 6) is -0.579. The van der Waals surface area contributed by atoms with E-state index >= 15 is 0 Å². The summed E-state index contributed by atoms with van der Waals surface area (Å²) < 4.78 is 36.3. The Labute approximate surface area is 158 Å². The van der Waals surface area contributed by atoms with Gasteiger partial charge in [-0.15, -0.1) is 0 Å². The molecule has 1 rings (SSSR count). The van der Waals surface area contributed by atoms with Crippen molar-refractivity contribution >= 4 is 11.8 Å². The molecule has 0 spiro atoms. The van der Waals surface area contributed by atoms with E-state index in [2.05, 4.69) is 4.90 Å². The highest BCUT2D eigenvalue weighted by atomic mass is 19.4. The lowest BCUT2D eigenvalue weighted by molar-refractivity contribution is -0.137. The highest BCUT2D eigenvalue weighted by molar-refractivity contribution is 5.86. The molecular formula is C19H32F3NO4. The Morgan fingerprint density at radius 3 is 2.48 bits per heavy atom. The van der Waals surface area contributed by atoms with E-state index in [0.717, 1.165) is 25.7 Å². The summed E-state index contributed by atoms with van der Waals surface area (Å²) in [5, 5.41) is 18.6. The van der Waals surface area contributed by atoms with Gasteiger partial charge in [0.2, 0.25) is 0 Å². The summed E-state index contributed by atoms with van der Waals surface area (Å²) in [7, 11) is 0. The van der Waals surface area contributed by atoms with E-state index in [1.165, 1.54) is 0 Å². The van der Waals surface area contributed by atoms with Crippen LogP contribution < -0.4 is 0 Å². The lowest BCUT2D eigenvalue weighted by atomic mass is 10.0. The molecule has 2 N–H and O–H groups in total. The van der Waals surface area contributed by atoms with Gasteiger partial charge in [0.25, 0.3) is 0 Å². The van der Waals surface area contributed by atoms with Gasteiger partial charge in [-0.3, -0.25) is 14.5 Å². The van der Waals surface area contributed by atoms with Gasteiger partial charge in [0.15, 0.2) is 5.78 Å². The highest BCUT2D eigenvalue weighted by Crippen LogP contribution is 2.24. The van der Waals surface area contributed by atoms with E-state index < -0.39 is 24.7 Å². The summed E-state index contributed by atoms with van der Waals surface area (Å²) in [6, 6.07) is -0.137. The van der Waals surface area contributed by atoms with E-state index in [4.69, 9.17) is 5.11 Å². The van der Waals surface area contributed by atoms with Gasteiger partial charge < -0.3 is 10.2 Å². The number of carboxylic acids is 1. The van der Waals surface area contributed by atoms with Crippen LogP contribution in [-0.2, 0) is 9.59 Å². The molecule has 8 heteroatoms. The third-order valence-corrected chi connectivity index (χ3v) is 5.07. The van der Waals surface area contributed by atoms with Crippen LogP contribution in [0.1, 0.15) is 77.0 Å². The van der Waals surface area contributed by atoms with Crippen molar-refractivity contribution in [3.8, 4) is 0 Å². The number of hydrogen-bond acceptors (Lipinski definition) is 4. The normalized spacial score (nSPS) is 19.6. The maximum Gasteiger partial charge on any atom is 0.389 e. The largest absolute Gasteiger partial charge is 0.481 e. The maximum absolute atomic E-state index is 12.1. The molecule has 1 aliphatic heterocycles. The number of Topliss-reactive ketones (excluding diaryl/α,β-unsaturated/α-hetero) is 1. The quantitative estimate of drug-likeness (QED) is 0.436. The molecule has 0 amide bonds. The predicted octanol–water partition coefficient (Wildman–Crippen LogP) is 3.93. The number of carbonyl (C=O) groups is 2. The monoisotopic (exact) mass is 395 g/mol. The zero-order chi connectivity index (χ0) is 20.3. The Bertz CT molecular complexity index is 457. The summed E-state index contributed by atoms with van der Waals surface area (Å²) in [6.45, 7) is 1.25. The number of aliphatic hydroxyl groups is 1. The van der Waals surface area contributed by atoms with Crippen LogP contribution in [0.3, 0.4) is 0 Å².